The van der Waals surface area contributed by atoms with Crippen molar-refractivity contribution in [3.63, 3.8) is 0 Å². The second kappa shape index (κ2) is 6.13. The molecule has 0 radical (unpaired) electrons. The largest absolute Gasteiger partial charge is 0.305 e. The quantitative estimate of drug-likeness (QED) is 0.907. The molecule has 0 atom stereocenters. The molecule has 2 heterocycles. The highest BCUT2D eigenvalue weighted by Crippen LogP contribution is 2.28. The molecule has 0 saturated heterocycles. The van der Waals surface area contributed by atoms with Crippen LogP contribution < -0.4 is 5.32 Å². The van der Waals surface area contributed by atoms with Gasteiger partial charge in [0.25, 0.3) is 0 Å². The van der Waals surface area contributed by atoms with Crippen LogP contribution >= 0.6 is 0 Å². The Hall–Kier alpha value is -1.75. The van der Waals surface area contributed by atoms with Gasteiger partial charge in [-0.25, -0.2) is 9.97 Å². The van der Waals surface area contributed by atoms with Gasteiger partial charge >= 0.3 is 0 Å². The van der Waals surface area contributed by atoms with E-state index in [1.165, 1.54) is 25.7 Å². The molecular weight excluding hydrogens is 250 g/mol. The second-order valence-electron chi connectivity index (χ2n) is 5.42. The van der Waals surface area contributed by atoms with Crippen molar-refractivity contribution >= 4 is 0 Å². The predicted molar refractivity (Wildman–Crippen MR) is 77.0 cm³/mol. The second-order valence-corrected chi connectivity index (χ2v) is 5.42. The van der Waals surface area contributed by atoms with Crippen LogP contribution in [0.2, 0.25) is 0 Å². The van der Waals surface area contributed by atoms with E-state index >= 15 is 0 Å². The summed E-state index contributed by atoms with van der Waals surface area (Å²) in [7, 11) is 0. The molecule has 3 rings (SSSR count). The van der Waals surface area contributed by atoms with Crippen LogP contribution in [0.3, 0.4) is 0 Å². The summed E-state index contributed by atoms with van der Waals surface area (Å²) in [5.74, 6) is 0.815. The van der Waals surface area contributed by atoms with Crippen LogP contribution in [0.25, 0.3) is 0 Å². The number of nitrogens with zero attached hydrogens (tertiary/aromatic N) is 4. The number of aromatic nitrogens is 4. The maximum absolute atomic E-state index is 4.66. The fourth-order valence-electron chi connectivity index (χ4n) is 2.77. The first-order valence-electron chi connectivity index (χ1n) is 7.34. The Labute approximate surface area is 119 Å². The molecule has 5 nitrogen and oxygen atoms in total. The van der Waals surface area contributed by atoms with Crippen molar-refractivity contribution in [3.8, 4) is 0 Å². The molecule has 1 N–H and O–H groups in total. The van der Waals surface area contributed by atoms with E-state index in [-0.39, 0.29) is 0 Å². The summed E-state index contributed by atoms with van der Waals surface area (Å²) in [6, 6.07) is 4.67. The lowest BCUT2D eigenvalue weighted by Gasteiger charge is -2.09. The highest BCUT2D eigenvalue weighted by molar-refractivity contribution is 5.03. The number of aryl methyl sites for hydroxylation is 1. The Bertz CT molecular complexity index is 557. The smallest absolute Gasteiger partial charge is 0.125 e. The first kappa shape index (κ1) is 13.2. The van der Waals surface area contributed by atoms with Gasteiger partial charge in [0, 0.05) is 25.5 Å². The van der Waals surface area contributed by atoms with Gasteiger partial charge in [-0.3, -0.25) is 4.68 Å². The fraction of sp³-hybridized carbons (Fsp3) is 0.533. The minimum atomic E-state index is 0.619. The lowest BCUT2D eigenvalue weighted by atomic mass is 10.3. The summed E-state index contributed by atoms with van der Waals surface area (Å²) in [5, 5.41) is 8.05. The van der Waals surface area contributed by atoms with E-state index in [4.69, 9.17) is 0 Å². The summed E-state index contributed by atoms with van der Waals surface area (Å²) < 4.78 is 2.14. The fourth-order valence-corrected chi connectivity index (χ4v) is 2.77. The molecule has 2 aromatic rings. The number of hydrogen-bond donors (Lipinski definition) is 1. The zero-order chi connectivity index (χ0) is 13.8. The van der Waals surface area contributed by atoms with Crippen molar-refractivity contribution in [2.24, 2.45) is 0 Å². The molecule has 0 bridgehead atoms. The molecule has 0 aromatic carbocycles. The van der Waals surface area contributed by atoms with E-state index in [1.54, 1.807) is 6.20 Å². The average Bonchev–Trinajstić information content (AvgIpc) is 3.09. The zero-order valence-corrected chi connectivity index (χ0v) is 11.9. The third kappa shape index (κ3) is 3.22. The van der Waals surface area contributed by atoms with Crippen LogP contribution in [0.4, 0.5) is 0 Å². The molecule has 0 aliphatic heterocycles. The molecule has 20 heavy (non-hydrogen) atoms. The summed E-state index contributed by atoms with van der Waals surface area (Å²) in [5.41, 5.74) is 2.12. The van der Waals surface area contributed by atoms with E-state index in [0.29, 0.717) is 6.04 Å². The summed E-state index contributed by atoms with van der Waals surface area (Å²) in [6.45, 7) is 3.44. The van der Waals surface area contributed by atoms with E-state index in [9.17, 15) is 0 Å². The van der Waals surface area contributed by atoms with Gasteiger partial charge in [-0.05, 0) is 31.9 Å². The lowest BCUT2D eigenvalue weighted by molar-refractivity contribution is 0.460. The Morgan fingerprint density at radius 1 is 1.20 bits per heavy atom. The number of nitrogens with one attached hydrogen (secondary N) is 1. The zero-order valence-electron chi connectivity index (χ0n) is 11.9. The Kier molecular flexibility index (Phi) is 4.06. The molecular formula is C15H21N5. The maximum Gasteiger partial charge on any atom is 0.125 e. The summed E-state index contributed by atoms with van der Waals surface area (Å²) in [6.07, 6.45) is 9.13. The van der Waals surface area contributed by atoms with Crippen molar-refractivity contribution in [2.45, 2.75) is 51.7 Å². The molecule has 0 spiro atoms. The van der Waals surface area contributed by atoms with Gasteiger partial charge in [0.2, 0.25) is 0 Å². The monoisotopic (exact) mass is 271 g/mol. The molecule has 1 aliphatic rings. The molecule has 106 valence electrons. The molecule has 1 saturated carbocycles. The molecule has 0 amide bonds. The van der Waals surface area contributed by atoms with E-state index in [2.05, 4.69) is 37.3 Å². The van der Waals surface area contributed by atoms with Gasteiger partial charge in [-0.15, -0.1) is 0 Å². The van der Waals surface area contributed by atoms with Crippen LogP contribution in [0.15, 0.2) is 24.5 Å². The van der Waals surface area contributed by atoms with Crippen molar-refractivity contribution in [1.82, 2.24) is 25.1 Å². The Balaban J connectivity index is 1.51. The lowest BCUT2D eigenvalue weighted by Crippen LogP contribution is -2.15. The van der Waals surface area contributed by atoms with Gasteiger partial charge in [0.05, 0.1) is 17.4 Å². The topological polar surface area (TPSA) is 55.6 Å². The van der Waals surface area contributed by atoms with Crippen LogP contribution in [-0.4, -0.2) is 19.7 Å². The van der Waals surface area contributed by atoms with Gasteiger partial charge in [0.1, 0.15) is 5.82 Å². The van der Waals surface area contributed by atoms with E-state index in [0.717, 1.165) is 30.3 Å². The minimum absolute atomic E-state index is 0.619. The first-order chi connectivity index (χ1) is 9.81. The number of hydrogen-bond acceptors (Lipinski definition) is 4. The standard InChI is InChI=1S/C15H21N5/c1-12-17-8-6-13(18-12)10-16-11-14-7-9-20(19-14)15-4-2-3-5-15/h6-9,15-16H,2-5,10-11H2,1H3. The van der Waals surface area contributed by atoms with Gasteiger partial charge in [0.15, 0.2) is 0 Å². The van der Waals surface area contributed by atoms with Crippen LogP contribution in [0.1, 0.15) is 48.9 Å². The normalized spacial score (nSPS) is 15.8. The van der Waals surface area contributed by atoms with Crippen LogP contribution in [0, 0.1) is 6.92 Å². The van der Waals surface area contributed by atoms with Gasteiger partial charge in [-0.2, -0.15) is 5.10 Å². The third-order valence-electron chi connectivity index (χ3n) is 3.81. The third-order valence-corrected chi connectivity index (χ3v) is 3.81. The van der Waals surface area contributed by atoms with Crippen molar-refractivity contribution in [3.05, 3.63) is 41.7 Å². The highest BCUT2D eigenvalue weighted by atomic mass is 15.3. The molecule has 1 fully saturated rings. The van der Waals surface area contributed by atoms with Crippen LogP contribution in [0.5, 0.6) is 0 Å². The molecule has 0 unspecified atom stereocenters. The summed E-state index contributed by atoms with van der Waals surface area (Å²) in [4.78, 5) is 8.47. The van der Waals surface area contributed by atoms with Crippen LogP contribution in [-0.2, 0) is 13.1 Å². The number of rotatable bonds is 5. The van der Waals surface area contributed by atoms with Crippen molar-refractivity contribution in [2.75, 3.05) is 0 Å². The Morgan fingerprint density at radius 2 is 2.00 bits per heavy atom. The Morgan fingerprint density at radius 3 is 2.80 bits per heavy atom. The predicted octanol–water partition coefficient (Wildman–Crippen LogP) is 2.39. The average molecular weight is 271 g/mol. The minimum Gasteiger partial charge on any atom is -0.305 e. The first-order valence-corrected chi connectivity index (χ1v) is 7.34. The van der Waals surface area contributed by atoms with Crippen molar-refractivity contribution < 1.29 is 0 Å². The summed E-state index contributed by atoms with van der Waals surface area (Å²) >= 11 is 0. The highest BCUT2D eigenvalue weighted by Gasteiger charge is 2.17. The van der Waals surface area contributed by atoms with Gasteiger partial charge in [-0.1, -0.05) is 12.8 Å². The maximum atomic E-state index is 4.66. The van der Waals surface area contributed by atoms with E-state index < -0.39 is 0 Å². The SMILES string of the molecule is Cc1nccc(CNCc2ccn(C3CCCC3)n2)n1. The molecule has 5 heteroatoms. The van der Waals surface area contributed by atoms with Gasteiger partial charge < -0.3 is 5.32 Å². The van der Waals surface area contributed by atoms with Crippen molar-refractivity contribution in [1.29, 1.82) is 0 Å². The molecule has 2 aromatic heterocycles. The molecule has 1 aliphatic carbocycles. The van der Waals surface area contributed by atoms with E-state index in [1.807, 2.05) is 13.0 Å².